The van der Waals surface area contributed by atoms with Gasteiger partial charge in [0.2, 0.25) is 0 Å². The summed E-state index contributed by atoms with van der Waals surface area (Å²) in [5, 5.41) is 0. The highest BCUT2D eigenvalue weighted by atomic mass is 15.1. The summed E-state index contributed by atoms with van der Waals surface area (Å²) >= 11 is 0. The Balaban J connectivity index is 3.83. The lowest BCUT2D eigenvalue weighted by Crippen LogP contribution is -2.27. The molecule has 0 aromatic heterocycles. The van der Waals surface area contributed by atoms with Gasteiger partial charge in [0, 0.05) is 6.54 Å². The topological polar surface area (TPSA) is 3.24 Å². The summed E-state index contributed by atoms with van der Waals surface area (Å²) in [4.78, 5) is 2.59. The summed E-state index contributed by atoms with van der Waals surface area (Å²) in [5.41, 5.74) is 1.50. The highest BCUT2D eigenvalue weighted by Gasteiger charge is 2.03. The van der Waals surface area contributed by atoms with E-state index in [1.165, 1.54) is 44.3 Å². The van der Waals surface area contributed by atoms with E-state index in [1.54, 1.807) is 0 Å². The molecule has 0 bridgehead atoms. The third-order valence-electron chi connectivity index (χ3n) is 2.62. The molecule has 14 heavy (non-hydrogen) atoms. The molecule has 0 saturated heterocycles. The Morgan fingerprint density at radius 1 is 1.07 bits per heavy atom. The molecule has 0 fully saturated rings. The number of nitrogens with zero attached hydrogens (tertiary/aromatic N) is 1. The maximum atomic E-state index is 2.59. The van der Waals surface area contributed by atoms with Crippen LogP contribution in [0.4, 0.5) is 0 Å². The van der Waals surface area contributed by atoms with Crippen LogP contribution in [-0.2, 0) is 0 Å². The van der Waals surface area contributed by atoms with E-state index in [1.807, 2.05) is 0 Å². The van der Waals surface area contributed by atoms with Gasteiger partial charge < -0.3 is 0 Å². The van der Waals surface area contributed by atoms with E-state index >= 15 is 0 Å². The van der Waals surface area contributed by atoms with Crippen molar-refractivity contribution in [3.8, 4) is 0 Å². The van der Waals surface area contributed by atoms with Crippen molar-refractivity contribution in [3.05, 3.63) is 11.6 Å². The van der Waals surface area contributed by atoms with Gasteiger partial charge in [-0.1, -0.05) is 38.3 Å². The van der Waals surface area contributed by atoms with Gasteiger partial charge in [-0.3, -0.25) is 4.90 Å². The maximum Gasteiger partial charge on any atom is 0.0189 e. The molecule has 0 heterocycles. The molecule has 0 atom stereocenters. The summed E-state index contributed by atoms with van der Waals surface area (Å²) in [7, 11) is 0. The van der Waals surface area contributed by atoms with Gasteiger partial charge in [0.1, 0.15) is 0 Å². The van der Waals surface area contributed by atoms with Crippen LogP contribution in [0.25, 0.3) is 0 Å². The van der Waals surface area contributed by atoms with E-state index in [4.69, 9.17) is 0 Å². The first-order valence-corrected chi connectivity index (χ1v) is 6.08. The average Bonchev–Trinajstić information content (AvgIpc) is 2.21. The molecule has 1 nitrogen and oxygen atoms in total. The fourth-order valence-electron chi connectivity index (χ4n) is 1.48. The first-order chi connectivity index (χ1) is 6.74. The van der Waals surface area contributed by atoms with Crippen LogP contribution >= 0.6 is 0 Å². The lowest BCUT2D eigenvalue weighted by atomic mass is 10.2. The van der Waals surface area contributed by atoms with Gasteiger partial charge in [-0.05, 0) is 39.8 Å². The van der Waals surface area contributed by atoms with Gasteiger partial charge in [0.15, 0.2) is 0 Å². The quantitative estimate of drug-likeness (QED) is 0.534. The molecular formula is C13H27N. The minimum atomic E-state index is 1.16. The van der Waals surface area contributed by atoms with Crippen LogP contribution in [0.5, 0.6) is 0 Å². The van der Waals surface area contributed by atoms with E-state index in [2.05, 4.69) is 38.7 Å². The minimum absolute atomic E-state index is 1.16. The van der Waals surface area contributed by atoms with Crippen molar-refractivity contribution < 1.29 is 0 Å². The van der Waals surface area contributed by atoms with Crippen LogP contribution < -0.4 is 0 Å². The van der Waals surface area contributed by atoms with Gasteiger partial charge >= 0.3 is 0 Å². The molecule has 0 saturated carbocycles. The molecule has 0 aromatic rings. The van der Waals surface area contributed by atoms with Crippen LogP contribution in [0.2, 0.25) is 0 Å². The zero-order chi connectivity index (χ0) is 10.8. The lowest BCUT2D eigenvalue weighted by Gasteiger charge is -2.22. The minimum Gasteiger partial charge on any atom is -0.299 e. The summed E-state index contributed by atoms with van der Waals surface area (Å²) in [6, 6.07) is 0. The maximum absolute atomic E-state index is 2.59. The van der Waals surface area contributed by atoms with Gasteiger partial charge in [-0.25, -0.2) is 0 Å². The third kappa shape index (κ3) is 7.14. The summed E-state index contributed by atoms with van der Waals surface area (Å²) < 4.78 is 0. The predicted molar refractivity (Wildman–Crippen MR) is 65.7 cm³/mol. The van der Waals surface area contributed by atoms with Crippen LogP contribution in [-0.4, -0.2) is 24.5 Å². The van der Waals surface area contributed by atoms with Crippen molar-refractivity contribution >= 4 is 0 Å². The Labute approximate surface area is 90.2 Å². The standard InChI is InChI=1S/C13H27N/c1-5-8-10-14(11-9-6-2)12-13(4)7-3/h7H,5-6,8-12H2,1-4H3. The van der Waals surface area contributed by atoms with Crippen molar-refractivity contribution in [1.82, 2.24) is 4.90 Å². The number of unbranched alkanes of at least 4 members (excludes halogenated alkanes) is 2. The lowest BCUT2D eigenvalue weighted by molar-refractivity contribution is 0.286. The summed E-state index contributed by atoms with van der Waals surface area (Å²) in [5.74, 6) is 0. The van der Waals surface area contributed by atoms with E-state index in [-0.39, 0.29) is 0 Å². The van der Waals surface area contributed by atoms with E-state index < -0.39 is 0 Å². The molecule has 0 N–H and O–H groups in total. The second kappa shape index (κ2) is 9.26. The molecule has 0 aromatic carbocycles. The van der Waals surface area contributed by atoms with Gasteiger partial charge in [-0.15, -0.1) is 0 Å². The Bertz CT molecular complexity index is 141. The monoisotopic (exact) mass is 197 g/mol. The van der Waals surface area contributed by atoms with Crippen molar-refractivity contribution in [2.45, 2.75) is 53.4 Å². The molecule has 0 aliphatic heterocycles. The van der Waals surface area contributed by atoms with Crippen LogP contribution in [0, 0.1) is 0 Å². The number of rotatable bonds is 8. The first-order valence-electron chi connectivity index (χ1n) is 6.08. The molecule has 0 aliphatic rings. The Kier molecular flexibility index (Phi) is 9.06. The highest BCUT2D eigenvalue weighted by molar-refractivity contribution is 4.98. The van der Waals surface area contributed by atoms with E-state index in [9.17, 15) is 0 Å². The van der Waals surface area contributed by atoms with Crippen molar-refractivity contribution in [2.24, 2.45) is 0 Å². The largest absolute Gasteiger partial charge is 0.299 e. The summed E-state index contributed by atoms with van der Waals surface area (Å²) in [6.45, 7) is 12.6. The second-order valence-corrected chi connectivity index (χ2v) is 4.12. The fourth-order valence-corrected chi connectivity index (χ4v) is 1.48. The van der Waals surface area contributed by atoms with Gasteiger partial charge in [0.05, 0.1) is 0 Å². The molecule has 0 unspecified atom stereocenters. The zero-order valence-corrected chi connectivity index (χ0v) is 10.5. The van der Waals surface area contributed by atoms with Crippen molar-refractivity contribution in [2.75, 3.05) is 19.6 Å². The zero-order valence-electron chi connectivity index (χ0n) is 10.5. The van der Waals surface area contributed by atoms with Crippen molar-refractivity contribution in [3.63, 3.8) is 0 Å². The number of allylic oxidation sites excluding steroid dienone is 1. The molecule has 84 valence electrons. The van der Waals surface area contributed by atoms with Crippen LogP contribution in [0.15, 0.2) is 11.6 Å². The van der Waals surface area contributed by atoms with E-state index in [0.29, 0.717) is 0 Å². The first kappa shape index (κ1) is 13.7. The highest BCUT2D eigenvalue weighted by Crippen LogP contribution is 2.03. The molecule has 0 rings (SSSR count). The predicted octanol–water partition coefficient (Wildman–Crippen LogP) is 3.85. The number of hydrogen-bond acceptors (Lipinski definition) is 1. The molecule has 0 spiro atoms. The molecule has 0 amide bonds. The third-order valence-corrected chi connectivity index (χ3v) is 2.62. The Hall–Kier alpha value is -0.300. The molecular weight excluding hydrogens is 170 g/mol. The fraction of sp³-hybridized carbons (Fsp3) is 0.846. The van der Waals surface area contributed by atoms with Crippen LogP contribution in [0.1, 0.15) is 53.4 Å². The Morgan fingerprint density at radius 2 is 1.57 bits per heavy atom. The molecule has 1 heteroatoms. The van der Waals surface area contributed by atoms with E-state index in [0.717, 1.165) is 6.54 Å². The van der Waals surface area contributed by atoms with Crippen molar-refractivity contribution in [1.29, 1.82) is 0 Å². The second-order valence-electron chi connectivity index (χ2n) is 4.12. The summed E-state index contributed by atoms with van der Waals surface area (Å²) in [6.07, 6.45) is 7.50. The smallest absolute Gasteiger partial charge is 0.0189 e. The number of hydrogen-bond donors (Lipinski definition) is 0. The molecule has 0 radical (unpaired) electrons. The SMILES string of the molecule is CC=C(C)CN(CCCC)CCCC. The Morgan fingerprint density at radius 3 is 1.93 bits per heavy atom. The van der Waals surface area contributed by atoms with Gasteiger partial charge in [-0.2, -0.15) is 0 Å². The van der Waals surface area contributed by atoms with Crippen LogP contribution in [0.3, 0.4) is 0 Å². The average molecular weight is 197 g/mol. The normalized spacial score (nSPS) is 12.5. The molecule has 0 aliphatic carbocycles. The van der Waals surface area contributed by atoms with Gasteiger partial charge in [0.25, 0.3) is 0 Å².